The van der Waals surface area contributed by atoms with Crippen LogP contribution in [0.4, 0.5) is 5.69 Å². The maximum atomic E-state index is 12.8. The van der Waals surface area contributed by atoms with Gasteiger partial charge in [0, 0.05) is 18.6 Å². The van der Waals surface area contributed by atoms with Crippen LogP contribution >= 0.6 is 23.2 Å². The number of carbonyl (C=O) groups excluding carboxylic acids is 1. The third-order valence-corrected chi connectivity index (χ3v) is 6.23. The fourth-order valence-corrected chi connectivity index (χ4v) is 3.78. The van der Waals surface area contributed by atoms with Crippen LogP contribution in [0, 0.1) is 0 Å². The van der Waals surface area contributed by atoms with Crippen molar-refractivity contribution in [3.05, 3.63) is 58.1 Å². The maximum Gasteiger partial charge on any atom is 0.264 e. The van der Waals surface area contributed by atoms with Crippen LogP contribution in [0.1, 0.15) is 30.1 Å². The van der Waals surface area contributed by atoms with Crippen molar-refractivity contribution in [2.24, 2.45) is 0 Å². The topological polar surface area (TPSA) is 66.5 Å². The van der Waals surface area contributed by atoms with Crippen LogP contribution in [0.2, 0.25) is 10.0 Å². The SMILES string of the molecule is CCCCNC(=O)c1cc(N(C)S(=O)(=O)c2ccc(Cl)cc2)ccc1Cl. The first-order chi connectivity index (χ1) is 12.3. The second-order valence-electron chi connectivity index (χ2n) is 5.70. The maximum absolute atomic E-state index is 12.8. The average molecular weight is 415 g/mol. The van der Waals surface area contributed by atoms with Gasteiger partial charge in [-0.2, -0.15) is 0 Å². The number of anilines is 1. The van der Waals surface area contributed by atoms with E-state index in [9.17, 15) is 13.2 Å². The van der Waals surface area contributed by atoms with Crippen molar-refractivity contribution in [1.82, 2.24) is 5.32 Å². The molecule has 0 spiro atoms. The van der Waals surface area contributed by atoms with Gasteiger partial charge in [0.05, 0.1) is 21.2 Å². The third kappa shape index (κ3) is 4.69. The molecule has 0 heterocycles. The van der Waals surface area contributed by atoms with Crippen LogP contribution in [-0.4, -0.2) is 27.9 Å². The second-order valence-corrected chi connectivity index (χ2v) is 8.51. The van der Waals surface area contributed by atoms with E-state index in [1.54, 1.807) is 6.07 Å². The summed E-state index contributed by atoms with van der Waals surface area (Å²) in [7, 11) is -2.36. The zero-order chi connectivity index (χ0) is 19.3. The van der Waals surface area contributed by atoms with Gasteiger partial charge in [0.1, 0.15) is 0 Å². The Kier molecular flexibility index (Phi) is 6.92. The molecule has 1 N–H and O–H groups in total. The lowest BCUT2D eigenvalue weighted by molar-refractivity contribution is 0.0953. The van der Waals surface area contributed by atoms with Crippen LogP contribution in [0.3, 0.4) is 0 Å². The molecule has 0 fully saturated rings. The summed E-state index contributed by atoms with van der Waals surface area (Å²) in [4.78, 5) is 12.4. The third-order valence-electron chi connectivity index (χ3n) is 3.85. The van der Waals surface area contributed by atoms with Crippen molar-refractivity contribution in [3.8, 4) is 0 Å². The lowest BCUT2D eigenvalue weighted by Crippen LogP contribution is -2.28. The highest BCUT2D eigenvalue weighted by molar-refractivity contribution is 7.92. The van der Waals surface area contributed by atoms with Gasteiger partial charge in [0.2, 0.25) is 0 Å². The number of sulfonamides is 1. The number of benzene rings is 2. The number of amides is 1. The van der Waals surface area contributed by atoms with Crippen molar-refractivity contribution >= 4 is 44.8 Å². The Hall–Kier alpha value is -1.76. The summed E-state index contributed by atoms with van der Waals surface area (Å²) in [5, 5.41) is 3.49. The highest BCUT2D eigenvalue weighted by Crippen LogP contribution is 2.27. The molecule has 0 unspecified atom stereocenters. The predicted molar refractivity (Wildman–Crippen MR) is 106 cm³/mol. The largest absolute Gasteiger partial charge is 0.352 e. The van der Waals surface area contributed by atoms with E-state index in [1.807, 2.05) is 6.92 Å². The van der Waals surface area contributed by atoms with Crippen LogP contribution in [0.5, 0.6) is 0 Å². The molecule has 8 heteroatoms. The van der Waals surface area contributed by atoms with E-state index in [4.69, 9.17) is 23.2 Å². The van der Waals surface area contributed by atoms with E-state index in [1.165, 1.54) is 43.4 Å². The molecule has 0 bridgehead atoms. The van der Waals surface area contributed by atoms with Gasteiger partial charge >= 0.3 is 0 Å². The Morgan fingerprint density at radius 3 is 2.38 bits per heavy atom. The minimum absolute atomic E-state index is 0.105. The molecule has 5 nitrogen and oxygen atoms in total. The molecule has 140 valence electrons. The van der Waals surface area contributed by atoms with Gasteiger partial charge in [-0.25, -0.2) is 8.42 Å². The first-order valence-corrected chi connectivity index (χ1v) is 10.3. The van der Waals surface area contributed by atoms with Crippen LogP contribution in [0.15, 0.2) is 47.4 Å². The number of carbonyl (C=O) groups is 1. The Morgan fingerprint density at radius 1 is 1.12 bits per heavy atom. The molecule has 0 saturated heterocycles. The molecule has 2 rings (SSSR count). The number of halogens is 2. The van der Waals surface area contributed by atoms with Crippen LogP contribution in [0.25, 0.3) is 0 Å². The summed E-state index contributed by atoms with van der Waals surface area (Å²) in [6, 6.07) is 10.4. The van der Waals surface area contributed by atoms with Crippen molar-refractivity contribution in [3.63, 3.8) is 0 Å². The number of unbranched alkanes of at least 4 members (excludes halogenated alkanes) is 1. The normalized spacial score (nSPS) is 11.2. The van der Waals surface area contributed by atoms with Gasteiger partial charge in [-0.15, -0.1) is 0 Å². The summed E-state index contributed by atoms with van der Waals surface area (Å²) in [5.41, 5.74) is 0.573. The van der Waals surface area contributed by atoms with Gasteiger partial charge < -0.3 is 5.32 Å². The molecule has 0 aliphatic carbocycles. The van der Waals surface area contributed by atoms with E-state index in [0.717, 1.165) is 17.1 Å². The number of rotatable bonds is 7. The molecule has 2 aromatic carbocycles. The zero-order valence-electron chi connectivity index (χ0n) is 14.5. The Morgan fingerprint density at radius 2 is 1.77 bits per heavy atom. The van der Waals surface area contributed by atoms with Gasteiger partial charge in [-0.1, -0.05) is 36.5 Å². The Balaban J connectivity index is 2.31. The molecular weight excluding hydrogens is 395 g/mol. The van der Waals surface area contributed by atoms with Crippen LogP contribution < -0.4 is 9.62 Å². The highest BCUT2D eigenvalue weighted by Gasteiger charge is 2.22. The average Bonchev–Trinajstić information content (AvgIpc) is 2.62. The molecule has 0 aliphatic heterocycles. The fourth-order valence-electron chi connectivity index (χ4n) is 2.26. The predicted octanol–water partition coefficient (Wildman–Crippen LogP) is 4.35. The highest BCUT2D eigenvalue weighted by atomic mass is 35.5. The summed E-state index contributed by atoms with van der Waals surface area (Å²) < 4.78 is 26.6. The lowest BCUT2D eigenvalue weighted by atomic mass is 10.2. The van der Waals surface area contributed by atoms with Gasteiger partial charge in [-0.05, 0) is 48.9 Å². The summed E-state index contributed by atoms with van der Waals surface area (Å²) >= 11 is 11.9. The van der Waals surface area contributed by atoms with Gasteiger partial charge in [-0.3, -0.25) is 9.10 Å². The molecule has 1 amide bonds. The molecule has 26 heavy (non-hydrogen) atoms. The lowest BCUT2D eigenvalue weighted by Gasteiger charge is -2.20. The second kappa shape index (κ2) is 8.75. The quantitative estimate of drug-likeness (QED) is 0.684. The van der Waals surface area contributed by atoms with E-state index in [0.29, 0.717) is 17.3 Å². The first-order valence-electron chi connectivity index (χ1n) is 8.09. The minimum atomic E-state index is -3.79. The summed E-state index contributed by atoms with van der Waals surface area (Å²) in [6.07, 6.45) is 1.81. The molecule has 0 atom stereocenters. The Bertz CT molecular complexity index is 884. The molecular formula is C18H20Cl2N2O3S. The number of nitrogens with one attached hydrogen (secondary N) is 1. The smallest absolute Gasteiger partial charge is 0.264 e. The molecule has 2 aromatic rings. The standard InChI is InChI=1S/C18H20Cl2N2O3S/c1-3-4-11-21-18(23)16-12-14(7-10-17(16)20)22(2)26(24,25)15-8-5-13(19)6-9-15/h5-10,12H,3-4,11H2,1-2H3,(H,21,23). The Labute approximate surface area is 164 Å². The molecule has 0 radical (unpaired) electrons. The van der Waals surface area contributed by atoms with Crippen molar-refractivity contribution in [2.75, 3.05) is 17.9 Å². The van der Waals surface area contributed by atoms with Crippen molar-refractivity contribution in [2.45, 2.75) is 24.7 Å². The number of hydrogen-bond donors (Lipinski definition) is 1. The summed E-state index contributed by atoms with van der Waals surface area (Å²) in [5.74, 6) is -0.331. The van der Waals surface area contributed by atoms with Gasteiger partial charge in [0.15, 0.2) is 0 Å². The summed E-state index contributed by atoms with van der Waals surface area (Å²) in [6.45, 7) is 2.56. The first kappa shape index (κ1) is 20.6. The molecule has 0 aliphatic rings. The van der Waals surface area contributed by atoms with Crippen LogP contribution in [-0.2, 0) is 10.0 Å². The minimum Gasteiger partial charge on any atom is -0.352 e. The number of nitrogens with zero attached hydrogens (tertiary/aromatic N) is 1. The molecule has 0 saturated carbocycles. The van der Waals surface area contributed by atoms with Crippen molar-refractivity contribution < 1.29 is 13.2 Å². The van der Waals surface area contributed by atoms with E-state index in [-0.39, 0.29) is 21.4 Å². The van der Waals surface area contributed by atoms with E-state index < -0.39 is 10.0 Å². The molecule has 0 aromatic heterocycles. The zero-order valence-corrected chi connectivity index (χ0v) is 16.8. The number of hydrogen-bond acceptors (Lipinski definition) is 3. The van der Waals surface area contributed by atoms with E-state index >= 15 is 0 Å². The van der Waals surface area contributed by atoms with E-state index in [2.05, 4.69) is 5.32 Å². The van der Waals surface area contributed by atoms with Crippen molar-refractivity contribution in [1.29, 1.82) is 0 Å². The fraction of sp³-hybridized carbons (Fsp3) is 0.278. The van der Waals surface area contributed by atoms with Gasteiger partial charge in [0.25, 0.3) is 15.9 Å². The monoisotopic (exact) mass is 414 g/mol.